The van der Waals surface area contributed by atoms with E-state index < -0.39 is 6.04 Å². The van der Waals surface area contributed by atoms with Crippen LogP contribution in [0.25, 0.3) is 16.6 Å². The molecule has 0 bridgehead atoms. The number of benzene rings is 1. The summed E-state index contributed by atoms with van der Waals surface area (Å²) in [5.41, 5.74) is 3.79. The van der Waals surface area contributed by atoms with Gasteiger partial charge in [-0.2, -0.15) is 16.4 Å². The average molecular weight is 436 g/mol. The molecule has 152 valence electrons. The molecule has 1 atom stereocenters. The Morgan fingerprint density at radius 1 is 1.17 bits per heavy atom. The summed E-state index contributed by atoms with van der Waals surface area (Å²) in [5, 5.41) is 23.1. The van der Waals surface area contributed by atoms with Gasteiger partial charge in [0.25, 0.3) is 0 Å². The molecule has 0 radical (unpaired) electrons. The Labute approximate surface area is 182 Å². The Kier molecular flexibility index (Phi) is 6.53. The average Bonchev–Trinajstić information content (AvgIpc) is 3.53. The molecule has 0 aliphatic heterocycles. The number of carbonyl (C=O) groups is 1. The lowest BCUT2D eigenvalue weighted by molar-refractivity contribution is -0.117. The molecule has 1 amide bonds. The number of amides is 1. The van der Waals surface area contributed by atoms with Crippen LogP contribution in [0, 0.1) is 0 Å². The largest absolute Gasteiger partial charge is 0.394 e. The molecule has 4 rings (SSSR count). The number of nitrogens with zero attached hydrogens (tertiary/aromatic N) is 2. The molecule has 30 heavy (non-hydrogen) atoms. The molecule has 0 aliphatic rings. The van der Waals surface area contributed by atoms with E-state index in [4.69, 9.17) is 5.10 Å². The summed E-state index contributed by atoms with van der Waals surface area (Å²) >= 11 is 3.15. The summed E-state index contributed by atoms with van der Waals surface area (Å²) in [4.78, 5) is 13.5. The number of hydrogen-bond acceptors (Lipinski definition) is 5. The molecule has 0 fully saturated rings. The fourth-order valence-electron chi connectivity index (χ4n) is 3.11. The van der Waals surface area contributed by atoms with Gasteiger partial charge in [0.1, 0.15) is 5.69 Å². The van der Waals surface area contributed by atoms with Gasteiger partial charge in [-0.15, -0.1) is 11.3 Å². The first-order chi connectivity index (χ1) is 14.7. The number of aromatic nitrogens is 2. The third-order valence-electron chi connectivity index (χ3n) is 4.59. The van der Waals surface area contributed by atoms with Crippen LogP contribution in [0.4, 0.5) is 0 Å². The van der Waals surface area contributed by atoms with Gasteiger partial charge < -0.3 is 10.4 Å². The molecule has 7 heteroatoms. The zero-order valence-electron chi connectivity index (χ0n) is 16.1. The Balaban J connectivity index is 1.54. The molecule has 0 spiro atoms. The van der Waals surface area contributed by atoms with Crippen molar-refractivity contribution in [3.8, 4) is 10.6 Å². The highest BCUT2D eigenvalue weighted by molar-refractivity contribution is 7.13. The molecule has 2 N–H and O–H groups in total. The number of aliphatic hydroxyl groups excluding tert-OH is 1. The van der Waals surface area contributed by atoms with E-state index in [0.29, 0.717) is 6.54 Å². The van der Waals surface area contributed by atoms with Gasteiger partial charge in [-0.05, 0) is 45.5 Å². The maximum atomic E-state index is 12.4. The van der Waals surface area contributed by atoms with Crippen LogP contribution in [0.15, 0.2) is 76.9 Å². The van der Waals surface area contributed by atoms with Gasteiger partial charge in [0.05, 0.1) is 24.1 Å². The normalized spacial score (nSPS) is 12.3. The molecule has 0 saturated carbocycles. The molecule has 3 aromatic heterocycles. The smallest absolute Gasteiger partial charge is 0.244 e. The summed E-state index contributed by atoms with van der Waals surface area (Å²) in [6.07, 6.45) is 5.23. The van der Waals surface area contributed by atoms with Crippen LogP contribution in [-0.4, -0.2) is 27.4 Å². The number of thiophene rings is 2. The van der Waals surface area contributed by atoms with E-state index in [1.165, 1.54) is 17.4 Å². The van der Waals surface area contributed by atoms with E-state index >= 15 is 0 Å². The van der Waals surface area contributed by atoms with Crippen LogP contribution >= 0.6 is 22.7 Å². The van der Waals surface area contributed by atoms with E-state index in [-0.39, 0.29) is 12.5 Å². The first-order valence-corrected chi connectivity index (χ1v) is 11.3. The van der Waals surface area contributed by atoms with Crippen molar-refractivity contribution in [2.24, 2.45) is 0 Å². The van der Waals surface area contributed by atoms with Crippen LogP contribution < -0.4 is 5.32 Å². The quantitative estimate of drug-likeness (QED) is 0.398. The zero-order valence-corrected chi connectivity index (χ0v) is 17.8. The van der Waals surface area contributed by atoms with Crippen molar-refractivity contribution in [3.63, 3.8) is 0 Å². The third kappa shape index (κ3) is 4.94. The Hall–Kier alpha value is -3.00. The minimum atomic E-state index is -0.411. The predicted molar refractivity (Wildman–Crippen MR) is 122 cm³/mol. The van der Waals surface area contributed by atoms with Crippen molar-refractivity contribution in [1.82, 2.24) is 15.1 Å². The first kappa shape index (κ1) is 20.3. The third-order valence-corrected chi connectivity index (χ3v) is 6.17. The summed E-state index contributed by atoms with van der Waals surface area (Å²) in [6, 6.07) is 15.6. The van der Waals surface area contributed by atoms with Crippen molar-refractivity contribution in [2.45, 2.75) is 12.6 Å². The molecular formula is C23H21N3O2S2. The first-order valence-electron chi connectivity index (χ1n) is 9.49. The molecule has 3 heterocycles. The van der Waals surface area contributed by atoms with Crippen molar-refractivity contribution in [3.05, 3.63) is 93.6 Å². The van der Waals surface area contributed by atoms with E-state index in [0.717, 1.165) is 27.3 Å². The van der Waals surface area contributed by atoms with Crippen LogP contribution in [-0.2, 0) is 11.3 Å². The van der Waals surface area contributed by atoms with E-state index in [1.807, 2.05) is 63.4 Å². The van der Waals surface area contributed by atoms with Crippen LogP contribution in [0.5, 0.6) is 0 Å². The second kappa shape index (κ2) is 9.67. The summed E-state index contributed by atoms with van der Waals surface area (Å²) in [7, 11) is 0. The Morgan fingerprint density at radius 3 is 2.73 bits per heavy atom. The predicted octanol–water partition coefficient (Wildman–Crippen LogP) is 4.58. The van der Waals surface area contributed by atoms with Gasteiger partial charge in [-0.1, -0.05) is 36.4 Å². The fourth-order valence-corrected chi connectivity index (χ4v) is 4.55. The highest BCUT2D eigenvalue weighted by Crippen LogP contribution is 2.28. The van der Waals surface area contributed by atoms with Crippen LogP contribution in [0.3, 0.4) is 0 Å². The molecule has 0 aliphatic carbocycles. The minimum Gasteiger partial charge on any atom is -0.394 e. The Morgan fingerprint density at radius 2 is 2.03 bits per heavy atom. The maximum Gasteiger partial charge on any atom is 0.244 e. The molecule has 0 saturated heterocycles. The number of hydrogen-bond donors (Lipinski definition) is 2. The topological polar surface area (TPSA) is 67.2 Å². The number of nitrogens with one attached hydrogen (secondary N) is 1. The SMILES string of the molecule is O=C(/C=C/c1cn(Cc2ccccc2)nc1-c1cccs1)NC(CO)c1ccsc1. The summed E-state index contributed by atoms with van der Waals surface area (Å²) in [5.74, 6) is -0.256. The highest BCUT2D eigenvalue weighted by atomic mass is 32.1. The van der Waals surface area contributed by atoms with Gasteiger partial charge in [-0.25, -0.2) is 0 Å². The van der Waals surface area contributed by atoms with Crippen molar-refractivity contribution >= 4 is 34.7 Å². The lowest BCUT2D eigenvalue weighted by Gasteiger charge is -2.13. The molecule has 5 nitrogen and oxygen atoms in total. The lowest BCUT2D eigenvalue weighted by Crippen LogP contribution is -2.28. The standard InChI is InChI=1S/C23H21N3O2S2/c27-15-20(19-10-12-29-16-19)24-22(28)9-8-18-14-26(13-17-5-2-1-3-6-17)25-23(18)21-7-4-11-30-21/h1-12,14,16,20,27H,13,15H2,(H,24,28)/b9-8+. The molecule has 1 unspecified atom stereocenters. The highest BCUT2D eigenvalue weighted by Gasteiger charge is 2.14. The van der Waals surface area contributed by atoms with Gasteiger partial charge in [0, 0.05) is 17.8 Å². The monoisotopic (exact) mass is 435 g/mol. The molecule has 1 aromatic carbocycles. The van der Waals surface area contributed by atoms with E-state index in [9.17, 15) is 9.90 Å². The van der Waals surface area contributed by atoms with Crippen LogP contribution in [0.2, 0.25) is 0 Å². The van der Waals surface area contributed by atoms with E-state index in [1.54, 1.807) is 17.4 Å². The zero-order chi connectivity index (χ0) is 20.8. The van der Waals surface area contributed by atoms with Crippen molar-refractivity contribution < 1.29 is 9.90 Å². The van der Waals surface area contributed by atoms with Gasteiger partial charge >= 0.3 is 0 Å². The number of carbonyl (C=O) groups excluding carboxylic acids is 1. The second-order valence-corrected chi connectivity index (χ2v) is 8.46. The minimum absolute atomic E-state index is 0.147. The summed E-state index contributed by atoms with van der Waals surface area (Å²) in [6.45, 7) is 0.510. The van der Waals surface area contributed by atoms with Crippen molar-refractivity contribution in [1.29, 1.82) is 0 Å². The Bertz CT molecular complexity index is 1100. The summed E-state index contributed by atoms with van der Waals surface area (Å²) < 4.78 is 1.89. The second-order valence-electron chi connectivity index (χ2n) is 6.73. The number of rotatable bonds is 8. The van der Waals surface area contributed by atoms with E-state index in [2.05, 4.69) is 17.4 Å². The van der Waals surface area contributed by atoms with Gasteiger partial charge in [0.15, 0.2) is 0 Å². The van der Waals surface area contributed by atoms with Gasteiger partial charge in [0.2, 0.25) is 5.91 Å². The van der Waals surface area contributed by atoms with Gasteiger partial charge in [-0.3, -0.25) is 9.48 Å². The fraction of sp³-hybridized carbons (Fsp3) is 0.130. The van der Waals surface area contributed by atoms with Crippen LogP contribution in [0.1, 0.15) is 22.7 Å². The molecular weight excluding hydrogens is 414 g/mol. The molecule has 4 aromatic rings. The van der Waals surface area contributed by atoms with Crippen molar-refractivity contribution in [2.75, 3.05) is 6.61 Å². The lowest BCUT2D eigenvalue weighted by atomic mass is 10.1. The number of aliphatic hydroxyl groups is 1. The maximum absolute atomic E-state index is 12.4.